The molecule has 1 amide bonds. The van der Waals surface area contributed by atoms with Crippen LogP contribution >= 0.6 is 0 Å². The van der Waals surface area contributed by atoms with Gasteiger partial charge in [0.15, 0.2) is 5.60 Å². The highest BCUT2D eigenvalue weighted by molar-refractivity contribution is 6.23. The lowest BCUT2D eigenvalue weighted by Gasteiger charge is -2.50. The Morgan fingerprint density at radius 3 is 2.56 bits per heavy atom. The zero-order chi connectivity index (χ0) is 24.7. The van der Waals surface area contributed by atoms with Crippen molar-refractivity contribution >= 4 is 17.4 Å². The Balaban J connectivity index is 1.77. The number of Topliss-reactive ketones (excluding diaryl/α,β-unsaturated/α-hetero) is 1. The van der Waals surface area contributed by atoms with Gasteiger partial charge in [0.1, 0.15) is 17.1 Å². The number of carbonyl (C=O) groups excluding carboxylic acids is 2. The number of hydrogen-bond acceptors (Lipinski definition) is 8. The summed E-state index contributed by atoms with van der Waals surface area (Å²) in [7, 11) is 8.72. The van der Waals surface area contributed by atoms with Gasteiger partial charge in [-0.2, -0.15) is 5.10 Å². The van der Waals surface area contributed by atoms with E-state index in [1.807, 2.05) is 25.1 Å². The minimum Gasteiger partial charge on any atom is -0.510 e. The van der Waals surface area contributed by atoms with Gasteiger partial charge in [0.05, 0.1) is 17.4 Å². The number of H-pyrrole nitrogens is 1. The third-order valence-corrected chi connectivity index (χ3v) is 7.60. The van der Waals surface area contributed by atoms with E-state index in [-0.39, 0.29) is 23.1 Å². The molecule has 180 valence electrons. The van der Waals surface area contributed by atoms with E-state index in [2.05, 4.69) is 15.5 Å². The van der Waals surface area contributed by atoms with E-state index in [0.29, 0.717) is 29.7 Å². The van der Waals surface area contributed by atoms with Gasteiger partial charge in [-0.1, -0.05) is 0 Å². The molecule has 0 saturated carbocycles. The van der Waals surface area contributed by atoms with Gasteiger partial charge in [0, 0.05) is 43.9 Å². The Labute approximate surface area is 196 Å². The van der Waals surface area contributed by atoms with Crippen LogP contribution < -0.4 is 10.2 Å². The number of ketones is 1. The molecule has 0 bridgehead atoms. The van der Waals surface area contributed by atoms with E-state index in [0.717, 1.165) is 11.3 Å². The number of aromatic amines is 1. The Kier molecular flexibility index (Phi) is 4.82. The van der Waals surface area contributed by atoms with Crippen molar-refractivity contribution in [3.05, 3.63) is 40.3 Å². The van der Waals surface area contributed by atoms with E-state index < -0.39 is 34.8 Å². The van der Waals surface area contributed by atoms with Crippen LogP contribution in [0.2, 0.25) is 0 Å². The van der Waals surface area contributed by atoms with E-state index >= 15 is 0 Å². The molecule has 1 aromatic carbocycles. The SMILES string of the molecule is CNC(=O)C1=C(O)[C@@H](N(C)C)[C@@H]2C[C@@H]3Cc4c(N(C)C)ccc(O)c4-c4n[nH]c(c43)[C@]2(O)C1=O. The summed E-state index contributed by atoms with van der Waals surface area (Å²) in [5.74, 6) is -2.69. The number of aliphatic hydroxyl groups is 2. The van der Waals surface area contributed by atoms with Crippen LogP contribution in [0.15, 0.2) is 23.5 Å². The van der Waals surface area contributed by atoms with Crippen molar-refractivity contribution in [1.29, 1.82) is 0 Å². The predicted octanol–water partition coefficient (Wildman–Crippen LogP) is 0.767. The minimum absolute atomic E-state index is 0.0761. The fourth-order valence-corrected chi connectivity index (χ4v) is 6.19. The number of rotatable bonds is 3. The van der Waals surface area contributed by atoms with E-state index in [9.17, 15) is 24.9 Å². The predicted molar refractivity (Wildman–Crippen MR) is 125 cm³/mol. The molecule has 1 aromatic heterocycles. The summed E-state index contributed by atoms with van der Waals surface area (Å²) in [6, 6.07) is 2.73. The Bertz CT molecular complexity index is 1260. The second-order valence-corrected chi connectivity index (χ2v) is 9.80. The van der Waals surface area contributed by atoms with E-state index in [4.69, 9.17) is 0 Å². The number of anilines is 1. The number of nitrogens with zero attached hydrogens (tertiary/aromatic N) is 3. The van der Waals surface area contributed by atoms with Gasteiger partial charge in [0.2, 0.25) is 5.78 Å². The largest absolute Gasteiger partial charge is 0.510 e. The molecule has 0 unspecified atom stereocenters. The average Bonchev–Trinajstić information content (AvgIpc) is 3.22. The molecular formula is C24H29N5O5. The quantitative estimate of drug-likeness (QED) is 0.417. The summed E-state index contributed by atoms with van der Waals surface area (Å²) in [6.45, 7) is 0. The molecule has 3 aliphatic carbocycles. The molecule has 10 nitrogen and oxygen atoms in total. The highest BCUT2D eigenvalue weighted by atomic mass is 16.3. The van der Waals surface area contributed by atoms with Crippen molar-refractivity contribution in [2.24, 2.45) is 5.92 Å². The number of benzene rings is 1. The molecule has 4 atom stereocenters. The fraction of sp³-hybridized carbons (Fsp3) is 0.458. The maximum absolute atomic E-state index is 13.7. The van der Waals surface area contributed by atoms with Gasteiger partial charge in [0.25, 0.3) is 5.91 Å². The normalized spacial score (nSPS) is 27.3. The van der Waals surface area contributed by atoms with Crippen molar-refractivity contribution in [1.82, 2.24) is 20.4 Å². The lowest BCUT2D eigenvalue weighted by atomic mass is 9.58. The number of aromatic nitrogens is 2. The highest BCUT2D eigenvalue weighted by Gasteiger charge is 2.62. The van der Waals surface area contributed by atoms with Crippen molar-refractivity contribution < 1.29 is 24.9 Å². The molecule has 2 aromatic rings. The van der Waals surface area contributed by atoms with Crippen molar-refractivity contribution in [3.8, 4) is 17.0 Å². The summed E-state index contributed by atoms with van der Waals surface area (Å²) >= 11 is 0. The lowest BCUT2D eigenvalue weighted by Crippen LogP contribution is -2.60. The molecule has 10 heteroatoms. The maximum atomic E-state index is 13.7. The number of aromatic hydroxyl groups is 1. The number of phenolic OH excluding ortho intramolecular Hbond substituents is 1. The van der Waals surface area contributed by atoms with Gasteiger partial charge >= 0.3 is 0 Å². The number of fused-ring (bicyclic) bond motifs is 4. The second-order valence-electron chi connectivity index (χ2n) is 9.80. The smallest absolute Gasteiger partial charge is 0.258 e. The minimum atomic E-state index is -2.08. The maximum Gasteiger partial charge on any atom is 0.258 e. The average molecular weight is 468 g/mol. The molecule has 0 radical (unpaired) electrons. The van der Waals surface area contributed by atoms with Crippen LogP contribution in [0.5, 0.6) is 5.75 Å². The molecule has 5 N–H and O–H groups in total. The molecule has 0 spiro atoms. The van der Waals surface area contributed by atoms with Gasteiger partial charge in [-0.15, -0.1) is 0 Å². The number of hydrogen-bond donors (Lipinski definition) is 5. The number of phenols is 1. The summed E-state index contributed by atoms with van der Waals surface area (Å²) in [5, 5.41) is 43.6. The standard InChI is InChI=1S/C24H29N5O5/c1-25-23(33)17-20(31)19(29(4)5)12-9-10-8-11-13(28(2)3)6-7-14(30)16(11)18-15(10)21(27-26-18)24(12,34)22(17)32/h6-7,10,12,19,30-31,34H,8-9H2,1-5H3,(H,25,33)(H,26,27)/t10-,12-,19-,24-/m0/s1. The molecular weight excluding hydrogens is 438 g/mol. The van der Waals surface area contributed by atoms with Gasteiger partial charge in [-0.3, -0.25) is 19.6 Å². The van der Waals surface area contributed by atoms with Crippen molar-refractivity contribution in [2.75, 3.05) is 40.1 Å². The first-order chi connectivity index (χ1) is 16.0. The molecule has 0 saturated heterocycles. The molecule has 0 fully saturated rings. The van der Waals surface area contributed by atoms with Crippen LogP contribution in [0.4, 0.5) is 5.69 Å². The van der Waals surface area contributed by atoms with Crippen LogP contribution in [-0.4, -0.2) is 83.4 Å². The summed E-state index contributed by atoms with van der Waals surface area (Å²) in [4.78, 5) is 29.9. The number of amides is 1. The molecule has 34 heavy (non-hydrogen) atoms. The first kappa shape index (κ1) is 22.4. The van der Waals surface area contributed by atoms with E-state index in [1.54, 1.807) is 25.1 Å². The summed E-state index contributed by atoms with van der Waals surface area (Å²) in [5.41, 5.74) is 1.37. The number of likely N-dealkylation sites (N-methyl/N-ethyl adjacent to an activating group) is 2. The zero-order valence-corrected chi connectivity index (χ0v) is 19.8. The van der Waals surface area contributed by atoms with E-state index in [1.165, 1.54) is 7.05 Å². The number of nitrogens with one attached hydrogen (secondary N) is 2. The third-order valence-electron chi connectivity index (χ3n) is 7.60. The molecule has 0 aliphatic heterocycles. The Morgan fingerprint density at radius 2 is 1.94 bits per heavy atom. The third kappa shape index (κ3) is 2.66. The monoisotopic (exact) mass is 467 g/mol. The zero-order valence-electron chi connectivity index (χ0n) is 19.8. The van der Waals surface area contributed by atoms with Gasteiger partial charge in [-0.25, -0.2) is 0 Å². The highest BCUT2D eigenvalue weighted by Crippen LogP contribution is 2.58. The van der Waals surface area contributed by atoms with Crippen molar-refractivity contribution in [2.45, 2.75) is 30.4 Å². The Hall–Kier alpha value is -3.37. The first-order valence-electron chi connectivity index (χ1n) is 11.2. The summed E-state index contributed by atoms with van der Waals surface area (Å²) < 4.78 is 0. The van der Waals surface area contributed by atoms with Crippen LogP contribution in [-0.2, 0) is 21.6 Å². The van der Waals surface area contributed by atoms with Crippen LogP contribution in [0.25, 0.3) is 11.3 Å². The topological polar surface area (TPSA) is 142 Å². The number of carbonyl (C=O) groups is 2. The van der Waals surface area contributed by atoms with Crippen LogP contribution in [0.1, 0.15) is 29.2 Å². The first-order valence-corrected chi connectivity index (χ1v) is 11.2. The Morgan fingerprint density at radius 1 is 1.24 bits per heavy atom. The van der Waals surface area contributed by atoms with Crippen LogP contribution in [0, 0.1) is 5.92 Å². The van der Waals surface area contributed by atoms with Crippen LogP contribution in [0.3, 0.4) is 0 Å². The molecule has 3 aliphatic rings. The van der Waals surface area contributed by atoms with Gasteiger partial charge < -0.3 is 25.5 Å². The molecule has 1 heterocycles. The fourth-order valence-electron chi connectivity index (χ4n) is 6.19. The van der Waals surface area contributed by atoms with Crippen molar-refractivity contribution in [3.63, 3.8) is 0 Å². The second kappa shape index (κ2) is 7.31. The number of aliphatic hydroxyl groups excluding tert-OH is 1. The van der Waals surface area contributed by atoms with Gasteiger partial charge in [-0.05, 0) is 50.6 Å². The molecule has 5 rings (SSSR count). The lowest BCUT2D eigenvalue weighted by molar-refractivity contribution is -0.152. The summed E-state index contributed by atoms with van der Waals surface area (Å²) in [6.07, 6.45) is 0.960.